The predicted molar refractivity (Wildman–Crippen MR) is 85.8 cm³/mol. The highest BCUT2D eigenvalue weighted by atomic mass is 16.5. The van der Waals surface area contributed by atoms with Crippen LogP contribution in [0.1, 0.15) is 22.7 Å². The largest absolute Gasteiger partial charge is 0.504 e. The molecule has 1 aliphatic heterocycles. The fourth-order valence-corrected chi connectivity index (χ4v) is 3.00. The predicted octanol–water partition coefficient (Wildman–Crippen LogP) is 2.84. The molecule has 4 heteroatoms. The highest BCUT2D eigenvalue weighted by Crippen LogP contribution is 2.35. The Labute approximate surface area is 130 Å². The molecule has 0 aliphatic carbocycles. The maximum atomic E-state index is 9.94. The Morgan fingerprint density at radius 2 is 1.91 bits per heavy atom. The summed E-state index contributed by atoms with van der Waals surface area (Å²) in [5.74, 6) is 1.61. The average Bonchev–Trinajstić information content (AvgIpc) is 2.55. The second-order valence-corrected chi connectivity index (χ2v) is 5.53. The van der Waals surface area contributed by atoms with Gasteiger partial charge in [0.05, 0.1) is 14.2 Å². The zero-order valence-corrected chi connectivity index (χ0v) is 12.9. The van der Waals surface area contributed by atoms with Crippen LogP contribution >= 0.6 is 0 Å². The second-order valence-electron chi connectivity index (χ2n) is 5.53. The van der Waals surface area contributed by atoms with E-state index >= 15 is 0 Å². The zero-order chi connectivity index (χ0) is 15.5. The molecule has 3 rings (SSSR count). The second kappa shape index (κ2) is 6.28. The summed E-state index contributed by atoms with van der Waals surface area (Å²) in [5, 5.41) is 13.5. The van der Waals surface area contributed by atoms with Gasteiger partial charge in [-0.1, -0.05) is 12.1 Å². The van der Waals surface area contributed by atoms with E-state index in [-0.39, 0.29) is 11.8 Å². The van der Waals surface area contributed by atoms with E-state index in [1.165, 1.54) is 16.7 Å². The van der Waals surface area contributed by atoms with Gasteiger partial charge in [0.1, 0.15) is 5.75 Å². The lowest BCUT2D eigenvalue weighted by atomic mass is 9.90. The Kier molecular flexibility index (Phi) is 4.20. The maximum Gasteiger partial charge on any atom is 0.160 e. The molecule has 1 atom stereocenters. The van der Waals surface area contributed by atoms with Gasteiger partial charge in [-0.2, -0.15) is 0 Å². The molecule has 4 nitrogen and oxygen atoms in total. The Balaban J connectivity index is 1.87. The average molecular weight is 299 g/mol. The third-order valence-electron chi connectivity index (χ3n) is 4.20. The Bertz CT molecular complexity index is 652. The Morgan fingerprint density at radius 3 is 2.59 bits per heavy atom. The first-order valence-electron chi connectivity index (χ1n) is 7.47. The highest BCUT2D eigenvalue weighted by molar-refractivity contribution is 5.49. The van der Waals surface area contributed by atoms with Gasteiger partial charge in [0, 0.05) is 6.04 Å². The van der Waals surface area contributed by atoms with Crippen LogP contribution in [0.2, 0.25) is 0 Å². The quantitative estimate of drug-likeness (QED) is 0.911. The molecular formula is C18H21NO3. The molecule has 0 saturated heterocycles. The Morgan fingerprint density at radius 1 is 1.14 bits per heavy atom. The molecule has 0 bridgehead atoms. The Hall–Kier alpha value is -2.20. The molecule has 2 aromatic rings. The van der Waals surface area contributed by atoms with Gasteiger partial charge in [-0.05, 0) is 60.3 Å². The minimum atomic E-state index is 0.214. The molecule has 1 heterocycles. The number of phenolic OH excluding ortho intramolecular Hbond substituents is 1. The molecule has 22 heavy (non-hydrogen) atoms. The number of methoxy groups -OCH3 is 2. The molecule has 0 amide bonds. The summed E-state index contributed by atoms with van der Waals surface area (Å²) >= 11 is 0. The van der Waals surface area contributed by atoms with Gasteiger partial charge in [0.2, 0.25) is 0 Å². The molecule has 0 saturated carbocycles. The van der Waals surface area contributed by atoms with Gasteiger partial charge in [-0.15, -0.1) is 0 Å². The molecule has 0 aromatic heterocycles. The van der Waals surface area contributed by atoms with E-state index in [0.29, 0.717) is 5.75 Å². The highest BCUT2D eigenvalue weighted by Gasteiger charge is 2.22. The summed E-state index contributed by atoms with van der Waals surface area (Å²) < 4.78 is 10.4. The summed E-state index contributed by atoms with van der Waals surface area (Å²) in [5.41, 5.74) is 3.64. The number of nitrogens with one attached hydrogen (secondary N) is 1. The first-order chi connectivity index (χ1) is 10.7. The first-order valence-corrected chi connectivity index (χ1v) is 7.47. The van der Waals surface area contributed by atoms with Gasteiger partial charge in [0.15, 0.2) is 11.5 Å². The van der Waals surface area contributed by atoms with E-state index < -0.39 is 0 Å². The van der Waals surface area contributed by atoms with Crippen molar-refractivity contribution >= 4 is 0 Å². The van der Waals surface area contributed by atoms with Crippen molar-refractivity contribution in [1.29, 1.82) is 0 Å². The van der Waals surface area contributed by atoms with Crippen molar-refractivity contribution in [1.82, 2.24) is 5.32 Å². The van der Waals surface area contributed by atoms with E-state index in [9.17, 15) is 5.11 Å². The smallest absolute Gasteiger partial charge is 0.160 e. The molecule has 1 aliphatic rings. The summed E-state index contributed by atoms with van der Waals surface area (Å²) in [6.07, 6.45) is 1.82. The normalized spacial score (nSPS) is 16.9. The number of phenols is 1. The van der Waals surface area contributed by atoms with Crippen LogP contribution in [-0.4, -0.2) is 25.9 Å². The van der Waals surface area contributed by atoms with Crippen molar-refractivity contribution in [3.63, 3.8) is 0 Å². The number of hydrogen-bond donors (Lipinski definition) is 2. The number of aromatic hydroxyl groups is 1. The lowest BCUT2D eigenvalue weighted by molar-refractivity contribution is 0.370. The molecule has 116 valence electrons. The fraction of sp³-hybridized carbons (Fsp3) is 0.333. The maximum absolute atomic E-state index is 9.94. The van der Waals surface area contributed by atoms with E-state index in [1.54, 1.807) is 14.2 Å². The van der Waals surface area contributed by atoms with Crippen LogP contribution in [0.15, 0.2) is 36.4 Å². The fourth-order valence-electron chi connectivity index (χ4n) is 3.00. The SMILES string of the molecule is COc1ccc(C[C@@H]2NCCc3cc(O)c(OC)cc32)cc1. The summed E-state index contributed by atoms with van der Waals surface area (Å²) in [7, 11) is 3.25. The van der Waals surface area contributed by atoms with Gasteiger partial charge < -0.3 is 19.9 Å². The van der Waals surface area contributed by atoms with Crippen LogP contribution in [0, 0.1) is 0 Å². The van der Waals surface area contributed by atoms with Crippen molar-refractivity contribution in [3.8, 4) is 17.2 Å². The summed E-state index contributed by atoms with van der Waals surface area (Å²) in [6.45, 7) is 0.916. The lowest BCUT2D eigenvalue weighted by Crippen LogP contribution is -2.31. The van der Waals surface area contributed by atoms with Crippen LogP contribution in [0.25, 0.3) is 0 Å². The van der Waals surface area contributed by atoms with E-state index in [4.69, 9.17) is 9.47 Å². The monoisotopic (exact) mass is 299 g/mol. The van der Waals surface area contributed by atoms with Crippen LogP contribution in [-0.2, 0) is 12.8 Å². The lowest BCUT2D eigenvalue weighted by Gasteiger charge is -2.28. The molecule has 0 fully saturated rings. The molecule has 2 N–H and O–H groups in total. The first kappa shape index (κ1) is 14.7. The molecule has 0 unspecified atom stereocenters. The molecule has 0 spiro atoms. The van der Waals surface area contributed by atoms with Crippen molar-refractivity contribution < 1.29 is 14.6 Å². The number of fused-ring (bicyclic) bond motifs is 1. The minimum Gasteiger partial charge on any atom is -0.504 e. The number of hydrogen-bond acceptors (Lipinski definition) is 4. The van der Waals surface area contributed by atoms with Gasteiger partial charge >= 0.3 is 0 Å². The molecule has 0 radical (unpaired) electrons. The van der Waals surface area contributed by atoms with Crippen LogP contribution < -0.4 is 14.8 Å². The van der Waals surface area contributed by atoms with E-state index in [1.807, 2.05) is 24.3 Å². The minimum absolute atomic E-state index is 0.214. The van der Waals surface area contributed by atoms with Gasteiger partial charge in [0.25, 0.3) is 0 Å². The van der Waals surface area contributed by atoms with E-state index in [0.717, 1.165) is 25.1 Å². The van der Waals surface area contributed by atoms with Gasteiger partial charge in [-0.3, -0.25) is 0 Å². The van der Waals surface area contributed by atoms with E-state index in [2.05, 4.69) is 17.4 Å². The third kappa shape index (κ3) is 2.88. The van der Waals surface area contributed by atoms with Crippen molar-refractivity contribution in [3.05, 3.63) is 53.1 Å². The van der Waals surface area contributed by atoms with Crippen LogP contribution in [0.4, 0.5) is 0 Å². The topological polar surface area (TPSA) is 50.7 Å². The number of benzene rings is 2. The summed E-state index contributed by atoms with van der Waals surface area (Å²) in [6, 6.07) is 12.2. The number of ether oxygens (including phenoxy) is 2. The standard InChI is InChI=1S/C18H21NO3/c1-21-14-5-3-12(4-6-14)9-16-15-11-18(22-2)17(20)10-13(15)7-8-19-16/h3-6,10-11,16,19-20H,7-9H2,1-2H3/t16-/m0/s1. The van der Waals surface area contributed by atoms with Crippen molar-refractivity contribution in [2.75, 3.05) is 20.8 Å². The zero-order valence-electron chi connectivity index (χ0n) is 12.9. The summed E-state index contributed by atoms with van der Waals surface area (Å²) in [4.78, 5) is 0. The molecule has 2 aromatic carbocycles. The number of rotatable bonds is 4. The van der Waals surface area contributed by atoms with Crippen LogP contribution in [0.5, 0.6) is 17.2 Å². The van der Waals surface area contributed by atoms with Crippen molar-refractivity contribution in [2.24, 2.45) is 0 Å². The third-order valence-corrected chi connectivity index (χ3v) is 4.20. The molecular weight excluding hydrogens is 278 g/mol. The van der Waals surface area contributed by atoms with Crippen molar-refractivity contribution in [2.45, 2.75) is 18.9 Å². The van der Waals surface area contributed by atoms with Crippen LogP contribution in [0.3, 0.4) is 0 Å². The van der Waals surface area contributed by atoms with Gasteiger partial charge in [-0.25, -0.2) is 0 Å².